The van der Waals surface area contributed by atoms with Crippen molar-refractivity contribution in [2.24, 2.45) is 0 Å². The van der Waals surface area contributed by atoms with Crippen LogP contribution in [0.2, 0.25) is 0 Å². The Labute approximate surface area is 427 Å². The maximum absolute atomic E-state index is 5.15. The third-order valence-corrected chi connectivity index (χ3v) is 14.4. The number of rotatable bonds is 11. The van der Waals surface area contributed by atoms with Gasteiger partial charge in [0.15, 0.2) is 17.5 Å². The van der Waals surface area contributed by atoms with Gasteiger partial charge < -0.3 is 0 Å². The summed E-state index contributed by atoms with van der Waals surface area (Å²) in [5.74, 6) is 2.33. The number of benzene rings is 8. The molecule has 12 rings (SSSR count). The number of hydrogen-bond acceptors (Lipinski definition) is 4. The van der Waals surface area contributed by atoms with Crippen molar-refractivity contribution in [2.75, 3.05) is 0 Å². The van der Waals surface area contributed by atoms with Crippen molar-refractivity contribution in [3.63, 3.8) is 0 Å². The molecule has 10 aromatic rings. The molecule has 0 saturated heterocycles. The summed E-state index contributed by atoms with van der Waals surface area (Å²) in [6, 6.07) is 68.6. The van der Waals surface area contributed by atoms with Crippen LogP contribution in [0.5, 0.6) is 0 Å². The van der Waals surface area contributed by atoms with E-state index in [0.29, 0.717) is 17.5 Å². The zero-order chi connectivity index (χ0) is 49.1. The highest BCUT2D eigenvalue weighted by molar-refractivity contribution is 6.12. The summed E-state index contributed by atoms with van der Waals surface area (Å²) in [4.78, 5) is 20.3. The lowest BCUT2D eigenvalue weighted by atomic mass is 9.83. The van der Waals surface area contributed by atoms with E-state index in [1.807, 2.05) is 66.7 Å². The minimum atomic E-state index is 0.184. The Balaban J connectivity index is 0.862. The number of hydrogen-bond donors (Lipinski definition) is 0. The maximum atomic E-state index is 5.15. The van der Waals surface area contributed by atoms with E-state index in [-0.39, 0.29) is 11.8 Å². The van der Waals surface area contributed by atoms with Gasteiger partial charge in [-0.15, -0.1) is 0 Å². The van der Waals surface area contributed by atoms with Gasteiger partial charge in [0.25, 0.3) is 0 Å². The third-order valence-electron chi connectivity index (χ3n) is 14.4. The molecule has 0 bridgehead atoms. The first-order valence-electron chi connectivity index (χ1n) is 25.2. The second-order valence-corrected chi connectivity index (χ2v) is 19.0. The molecule has 2 aromatic heterocycles. The summed E-state index contributed by atoms with van der Waals surface area (Å²) < 4.78 is 0. The fourth-order valence-electron chi connectivity index (χ4n) is 10.4. The van der Waals surface area contributed by atoms with E-state index in [2.05, 4.69) is 196 Å². The van der Waals surface area contributed by atoms with Gasteiger partial charge >= 0.3 is 0 Å². The average molecular weight is 937 g/mol. The van der Waals surface area contributed by atoms with Gasteiger partial charge in [-0.05, 0) is 128 Å². The number of nitrogens with zero attached hydrogens (tertiary/aromatic N) is 4. The van der Waals surface area contributed by atoms with Gasteiger partial charge in [0.1, 0.15) is 0 Å². The minimum Gasteiger partial charge on any atom is -0.252 e. The number of aromatic nitrogens is 4. The van der Waals surface area contributed by atoms with Crippen molar-refractivity contribution < 1.29 is 0 Å². The van der Waals surface area contributed by atoms with Gasteiger partial charge in [0.2, 0.25) is 0 Å². The molecular weight excluding hydrogens is 885 g/mol. The minimum absolute atomic E-state index is 0.184. The summed E-state index contributed by atoms with van der Waals surface area (Å²) in [5.41, 5.74) is 15.4. The van der Waals surface area contributed by atoms with Crippen LogP contribution in [0.1, 0.15) is 65.1 Å². The van der Waals surface area contributed by atoms with Crippen molar-refractivity contribution >= 4 is 54.7 Å². The fourth-order valence-corrected chi connectivity index (χ4v) is 10.4. The van der Waals surface area contributed by atoms with Gasteiger partial charge in [-0.3, -0.25) is 4.98 Å². The van der Waals surface area contributed by atoms with Crippen LogP contribution in [-0.2, 0) is 0 Å². The van der Waals surface area contributed by atoms with E-state index in [9.17, 15) is 0 Å². The molecule has 73 heavy (non-hydrogen) atoms. The fraction of sp³-hybridized carbons (Fsp3) is 0.0725. The normalized spacial score (nSPS) is 15.9. The molecule has 2 aliphatic rings. The molecule has 2 atom stereocenters. The molecule has 2 aliphatic carbocycles. The molecule has 0 radical (unpaired) electrons. The van der Waals surface area contributed by atoms with E-state index in [1.165, 1.54) is 38.2 Å². The van der Waals surface area contributed by atoms with Crippen LogP contribution in [0.25, 0.3) is 88.9 Å². The molecule has 2 heterocycles. The summed E-state index contributed by atoms with van der Waals surface area (Å²) in [6.45, 7) is 6.44. The number of pyridine rings is 1. The van der Waals surface area contributed by atoms with Gasteiger partial charge in [-0.1, -0.05) is 219 Å². The van der Waals surface area contributed by atoms with Gasteiger partial charge in [-0.25, -0.2) is 15.0 Å². The molecule has 0 aliphatic heterocycles. The Hall–Kier alpha value is -9.12. The average Bonchev–Trinajstić information content (AvgIpc) is 3.47. The molecule has 0 amide bonds. The van der Waals surface area contributed by atoms with Gasteiger partial charge in [0.05, 0.1) is 5.52 Å². The van der Waals surface area contributed by atoms with Gasteiger partial charge in [-0.2, -0.15) is 0 Å². The predicted octanol–water partition coefficient (Wildman–Crippen LogP) is 17.7. The number of fused-ring (bicyclic) bond motifs is 4. The highest BCUT2D eigenvalue weighted by Crippen LogP contribution is 2.40. The van der Waals surface area contributed by atoms with Crippen molar-refractivity contribution in [3.05, 3.63) is 289 Å². The molecule has 348 valence electrons. The van der Waals surface area contributed by atoms with Crippen molar-refractivity contribution in [3.8, 4) is 34.2 Å². The SMILES string of the molecule is C=C/C(=C\C=C(/C)c1cc(C2=CCC(c3ccc4ccccc4n3)C=C2)cc(-c2nc(-c3ccccc3)nc(-c3ccccc3)n2)c1)c1ccc(C2C=CC=C(c3cc4ccccc4c4ccccc34)C2)cc1. The predicted molar refractivity (Wildman–Crippen MR) is 307 cm³/mol. The van der Waals surface area contributed by atoms with Crippen LogP contribution in [0.4, 0.5) is 0 Å². The van der Waals surface area contributed by atoms with Crippen LogP contribution >= 0.6 is 0 Å². The Morgan fingerprint density at radius 2 is 1.16 bits per heavy atom. The largest absolute Gasteiger partial charge is 0.252 e. The lowest BCUT2D eigenvalue weighted by Gasteiger charge is -2.21. The number of allylic oxidation sites excluding steroid dienone is 13. The molecule has 0 fully saturated rings. The Morgan fingerprint density at radius 3 is 1.88 bits per heavy atom. The lowest BCUT2D eigenvalue weighted by Crippen LogP contribution is -2.03. The molecule has 4 heteroatoms. The van der Waals surface area contributed by atoms with E-state index in [4.69, 9.17) is 19.9 Å². The third kappa shape index (κ3) is 9.35. The van der Waals surface area contributed by atoms with Crippen LogP contribution < -0.4 is 0 Å². The number of para-hydroxylation sites is 1. The first kappa shape index (κ1) is 45.0. The lowest BCUT2D eigenvalue weighted by molar-refractivity contribution is 0.824. The molecular formula is C69H52N4. The van der Waals surface area contributed by atoms with Crippen molar-refractivity contribution in [1.29, 1.82) is 0 Å². The standard InChI is InChI=1S/C69H52N4/c1-3-47(48-31-33-49(34-32-48)55-23-16-24-56(41-55)64-45-57-22-10-12-25-61(57)62-26-13-14-27-63(62)64)30-29-46(2)58-42-59(50-35-37-52(38-36-50)66-40-39-51-17-11-15-28-65(51)70-66)44-60(43-58)69-72-67(53-18-6-4-7-19-53)71-68(73-69)54-20-8-5-9-21-54/h3-37,39-40,42-45,52,55H,1,38,41H2,2H3/b46-29+,47-30+. The summed E-state index contributed by atoms with van der Waals surface area (Å²) in [7, 11) is 0. The topological polar surface area (TPSA) is 51.6 Å². The highest BCUT2D eigenvalue weighted by Gasteiger charge is 2.20. The Morgan fingerprint density at radius 1 is 0.521 bits per heavy atom. The Bertz CT molecular complexity index is 3870. The van der Waals surface area contributed by atoms with Crippen LogP contribution in [0, 0.1) is 0 Å². The second-order valence-electron chi connectivity index (χ2n) is 19.0. The quantitative estimate of drug-likeness (QED) is 0.0958. The summed E-state index contributed by atoms with van der Waals surface area (Å²) in [5, 5.41) is 6.32. The first-order valence-corrected chi connectivity index (χ1v) is 25.2. The van der Waals surface area contributed by atoms with Crippen LogP contribution in [0.15, 0.2) is 255 Å². The van der Waals surface area contributed by atoms with Crippen molar-refractivity contribution in [2.45, 2.75) is 31.6 Å². The second kappa shape index (κ2) is 19.9. The maximum Gasteiger partial charge on any atom is 0.164 e. The molecule has 8 aromatic carbocycles. The molecule has 2 unspecified atom stereocenters. The van der Waals surface area contributed by atoms with E-state index in [0.717, 1.165) is 79.5 Å². The van der Waals surface area contributed by atoms with Crippen LogP contribution in [-0.4, -0.2) is 19.9 Å². The Kier molecular flexibility index (Phi) is 12.3. The zero-order valence-corrected chi connectivity index (χ0v) is 40.7. The van der Waals surface area contributed by atoms with E-state index < -0.39 is 0 Å². The van der Waals surface area contributed by atoms with Gasteiger partial charge in [0, 0.05) is 39.6 Å². The van der Waals surface area contributed by atoms with Crippen molar-refractivity contribution in [1.82, 2.24) is 19.9 Å². The zero-order valence-electron chi connectivity index (χ0n) is 40.7. The van der Waals surface area contributed by atoms with E-state index >= 15 is 0 Å². The smallest absolute Gasteiger partial charge is 0.164 e. The molecule has 4 nitrogen and oxygen atoms in total. The molecule has 0 spiro atoms. The first-order chi connectivity index (χ1) is 36.0. The monoisotopic (exact) mass is 936 g/mol. The summed E-state index contributed by atoms with van der Waals surface area (Å²) >= 11 is 0. The molecule has 0 saturated carbocycles. The van der Waals surface area contributed by atoms with Crippen LogP contribution in [0.3, 0.4) is 0 Å². The van der Waals surface area contributed by atoms with E-state index in [1.54, 1.807) is 0 Å². The molecule has 0 N–H and O–H groups in total. The highest BCUT2D eigenvalue weighted by atomic mass is 15.0. The summed E-state index contributed by atoms with van der Waals surface area (Å²) in [6.07, 6.45) is 21.9.